The van der Waals surface area contributed by atoms with Crippen LogP contribution in [0, 0.1) is 0 Å². The van der Waals surface area contributed by atoms with Gasteiger partial charge in [-0.2, -0.15) is 0 Å². The van der Waals surface area contributed by atoms with E-state index in [-0.39, 0.29) is 0 Å². The number of rotatable bonds is 3. The summed E-state index contributed by atoms with van der Waals surface area (Å²) in [4.78, 5) is 21.9. The second-order valence-corrected chi connectivity index (χ2v) is 7.00. The molecule has 0 aromatic carbocycles. The lowest BCUT2D eigenvalue weighted by molar-refractivity contribution is -0.143. The first-order chi connectivity index (χ1) is 7.04. The lowest BCUT2D eigenvalue weighted by Crippen LogP contribution is -2.38. The Morgan fingerprint density at radius 2 is 1.81 bits per heavy atom. The van der Waals surface area contributed by atoms with E-state index in [1.165, 1.54) is 6.92 Å². The fourth-order valence-corrected chi connectivity index (χ4v) is 3.03. The third-order valence-corrected chi connectivity index (χ3v) is 4.52. The molecule has 0 amide bonds. The third-order valence-electron chi connectivity index (χ3n) is 2.53. The van der Waals surface area contributed by atoms with Gasteiger partial charge in [0.1, 0.15) is 4.75 Å². The second kappa shape index (κ2) is 3.61. The van der Waals surface area contributed by atoms with Gasteiger partial charge in [0.15, 0.2) is 11.6 Å². The Hall–Kier alpha value is -0.790. The van der Waals surface area contributed by atoms with Gasteiger partial charge >= 0.3 is 11.9 Å². The molecule has 0 aliphatic carbocycles. The summed E-state index contributed by atoms with van der Waals surface area (Å²) < 4.78 is 12.3. The molecule has 6 nitrogen and oxygen atoms in total. The van der Waals surface area contributed by atoms with Gasteiger partial charge in [-0.05, 0) is 27.7 Å². The van der Waals surface area contributed by atoms with E-state index in [0.29, 0.717) is 0 Å². The van der Waals surface area contributed by atoms with Crippen molar-refractivity contribution in [1.29, 1.82) is 0 Å². The molecule has 1 aliphatic rings. The second-order valence-electron chi connectivity index (χ2n) is 4.88. The number of hydrogen-bond acceptors (Lipinski definition) is 4. The van der Waals surface area contributed by atoms with Gasteiger partial charge in [-0.1, -0.05) is 4.31 Å². The van der Waals surface area contributed by atoms with E-state index in [0.717, 1.165) is 4.31 Å². The topological polar surface area (TPSA) is 101 Å². The summed E-state index contributed by atoms with van der Waals surface area (Å²) in [6.07, 6.45) is 0. The van der Waals surface area contributed by atoms with Crippen molar-refractivity contribution in [3.8, 4) is 0 Å². The Balaban J connectivity index is 2.99. The zero-order valence-electron chi connectivity index (χ0n) is 9.55. The maximum atomic E-state index is 12.0. The van der Waals surface area contributed by atoms with Gasteiger partial charge in [-0.3, -0.25) is 4.79 Å². The zero-order valence-corrected chi connectivity index (χ0v) is 10.4. The molecule has 0 bridgehead atoms. The van der Waals surface area contributed by atoms with Gasteiger partial charge in [-0.25, -0.2) is 4.79 Å². The highest BCUT2D eigenvalue weighted by atomic mass is 32.2. The summed E-state index contributed by atoms with van der Waals surface area (Å²) >= 11 is -1.65. The SMILES string of the molecule is CC(C)(C)[S@@+]([O-])N1[C@@H](C(=O)O)[C@@]1(C)C(=O)O. The molecule has 0 saturated carbocycles. The number of nitrogens with zero attached hydrogens (tertiary/aromatic N) is 1. The van der Waals surface area contributed by atoms with Gasteiger partial charge in [-0.15, -0.1) is 0 Å². The summed E-state index contributed by atoms with van der Waals surface area (Å²) in [5.74, 6) is -2.53. The van der Waals surface area contributed by atoms with Gasteiger partial charge in [0, 0.05) is 11.4 Å². The van der Waals surface area contributed by atoms with E-state index in [1.54, 1.807) is 20.8 Å². The lowest BCUT2D eigenvalue weighted by Gasteiger charge is -2.25. The van der Waals surface area contributed by atoms with Crippen LogP contribution in [0.5, 0.6) is 0 Å². The number of carboxylic acid groups (broad SMARTS) is 2. The van der Waals surface area contributed by atoms with Gasteiger partial charge in [0.05, 0.1) is 0 Å². The largest absolute Gasteiger partial charge is 0.597 e. The van der Waals surface area contributed by atoms with E-state index in [4.69, 9.17) is 10.2 Å². The first-order valence-electron chi connectivity index (χ1n) is 4.72. The van der Waals surface area contributed by atoms with Crippen molar-refractivity contribution in [3.05, 3.63) is 0 Å². The maximum absolute atomic E-state index is 12.0. The predicted molar refractivity (Wildman–Crippen MR) is 57.2 cm³/mol. The predicted octanol–water partition coefficient (Wildman–Crippen LogP) is 0.0607. The number of aliphatic carboxylic acids is 2. The number of hydrogen-bond donors (Lipinski definition) is 2. The molecule has 92 valence electrons. The molecule has 0 aromatic heterocycles. The number of carbonyl (C=O) groups is 2. The molecule has 0 aromatic rings. The van der Waals surface area contributed by atoms with Crippen molar-refractivity contribution >= 4 is 23.3 Å². The standard InChI is InChI=1S/C9H15NO5S/c1-8(2,3)16(15)10-5(6(11)12)9(10,4)7(13)14/h5H,1-4H3,(H,11,12)(H,13,14)/t5-,9-,10?,16+/m0/s1. The van der Waals surface area contributed by atoms with Crippen molar-refractivity contribution in [2.75, 3.05) is 0 Å². The molecular formula is C9H15NO5S. The van der Waals surface area contributed by atoms with Gasteiger partial charge in [0.25, 0.3) is 0 Å². The van der Waals surface area contributed by atoms with E-state index in [1.807, 2.05) is 0 Å². The third kappa shape index (κ3) is 1.79. The molecule has 1 unspecified atom stereocenters. The Morgan fingerprint density at radius 1 is 1.38 bits per heavy atom. The molecule has 1 fully saturated rings. The van der Waals surface area contributed by atoms with Crippen LogP contribution in [0.2, 0.25) is 0 Å². The van der Waals surface area contributed by atoms with Gasteiger partial charge < -0.3 is 14.8 Å². The minimum absolute atomic E-state index is 0.680. The lowest BCUT2D eigenvalue weighted by atomic mass is 10.1. The molecule has 16 heavy (non-hydrogen) atoms. The quantitative estimate of drug-likeness (QED) is 0.542. The van der Waals surface area contributed by atoms with Crippen molar-refractivity contribution in [1.82, 2.24) is 4.31 Å². The van der Waals surface area contributed by atoms with Gasteiger partial charge in [0.2, 0.25) is 0 Å². The van der Waals surface area contributed by atoms with Crippen LogP contribution in [0.4, 0.5) is 0 Å². The molecule has 1 heterocycles. The van der Waals surface area contributed by atoms with Crippen LogP contribution in [0.3, 0.4) is 0 Å². The summed E-state index contributed by atoms with van der Waals surface area (Å²) in [5, 5.41) is 17.9. The summed E-state index contributed by atoms with van der Waals surface area (Å²) in [6, 6.07) is -1.22. The summed E-state index contributed by atoms with van der Waals surface area (Å²) in [6.45, 7) is 6.28. The van der Waals surface area contributed by atoms with Crippen LogP contribution in [-0.4, -0.2) is 47.3 Å². The maximum Gasteiger partial charge on any atom is 0.330 e. The molecule has 2 N–H and O–H groups in total. The average Bonchev–Trinajstić information content (AvgIpc) is 2.70. The molecule has 1 aliphatic heterocycles. The highest BCUT2D eigenvalue weighted by Crippen LogP contribution is 2.47. The van der Waals surface area contributed by atoms with E-state index >= 15 is 0 Å². The smallest absolute Gasteiger partial charge is 0.330 e. The average molecular weight is 249 g/mol. The molecule has 7 heteroatoms. The molecule has 1 rings (SSSR count). The van der Waals surface area contributed by atoms with Crippen LogP contribution in [-0.2, 0) is 21.0 Å². The van der Waals surface area contributed by atoms with Crippen molar-refractivity contribution in [3.63, 3.8) is 0 Å². The first-order valence-corrected chi connectivity index (χ1v) is 5.82. The van der Waals surface area contributed by atoms with Crippen LogP contribution >= 0.6 is 0 Å². The van der Waals surface area contributed by atoms with E-state index < -0.39 is 39.6 Å². The summed E-state index contributed by atoms with van der Waals surface area (Å²) in [7, 11) is 0. The van der Waals surface area contributed by atoms with Crippen LogP contribution < -0.4 is 0 Å². The number of carboxylic acids is 2. The first kappa shape index (κ1) is 13.3. The Bertz CT molecular complexity index is 339. The van der Waals surface area contributed by atoms with Crippen molar-refractivity contribution in [2.45, 2.75) is 44.0 Å². The highest BCUT2D eigenvalue weighted by molar-refractivity contribution is 7.90. The fourth-order valence-electron chi connectivity index (χ4n) is 1.47. The Kier molecular flexibility index (Phi) is 3.00. The molecule has 4 atom stereocenters. The van der Waals surface area contributed by atoms with Crippen molar-refractivity contribution in [2.24, 2.45) is 0 Å². The minimum atomic E-state index is -1.65. The van der Waals surface area contributed by atoms with E-state index in [9.17, 15) is 14.1 Å². The minimum Gasteiger partial charge on any atom is -0.597 e. The van der Waals surface area contributed by atoms with Crippen LogP contribution in [0.1, 0.15) is 27.7 Å². The van der Waals surface area contributed by atoms with Crippen molar-refractivity contribution < 1.29 is 24.4 Å². The molecular weight excluding hydrogens is 234 g/mol. The molecule has 1 saturated heterocycles. The van der Waals surface area contributed by atoms with Crippen LogP contribution in [0.25, 0.3) is 0 Å². The van der Waals surface area contributed by atoms with E-state index in [2.05, 4.69) is 0 Å². The zero-order chi connectivity index (χ0) is 12.9. The molecule has 0 spiro atoms. The normalized spacial score (nSPS) is 35.6. The Labute approximate surface area is 96.6 Å². The summed E-state index contributed by atoms with van der Waals surface area (Å²) in [5.41, 5.74) is -1.57. The fraction of sp³-hybridized carbons (Fsp3) is 0.778. The van der Waals surface area contributed by atoms with Crippen LogP contribution in [0.15, 0.2) is 0 Å². The molecule has 0 radical (unpaired) electrons. The monoisotopic (exact) mass is 249 g/mol. The highest BCUT2D eigenvalue weighted by Gasteiger charge is 2.77. The Morgan fingerprint density at radius 3 is 2.00 bits per heavy atom.